The number of hydrogen-bond donors (Lipinski definition) is 2. The van der Waals surface area contributed by atoms with Gasteiger partial charge in [-0.3, -0.25) is 9.59 Å². The smallest absolute Gasteiger partial charge is 0.308 e. The molecule has 1 aromatic rings. The Morgan fingerprint density at radius 3 is 2.75 bits per heavy atom. The summed E-state index contributed by atoms with van der Waals surface area (Å²) in [6.07, 6.45) is 4.21. The number of nitrogens with one attached hydrogen (secondary N) is 1. The normalized spacial score (nSPS) is 23.6. The van der Waals surface area contributed by atoms with Gasteiger partial charge in [-0.25, -0.2) is 0 Å². The first-order valence-electron chi connectivity index (χ1n) is 8.67. The molecule has 2 atom stereocenters. The first-order chi connectivity index (χ1) is 11.5. The van der Waals surface area contributed by atoms with E-state index in [4.69, 9.17) is 4.74 Å². The van der Waals surface area contributed by atoms with Gasteiger partial charge in [-0.15, -0.1) is 0 Å². The van der Waals surface area contributed by atoms with E-state index >= 15 is 0 Å². The SMILES string of the molecule is CC1(NC(=O)CCCOCc2ccccc2)CCCCC1C(=O)O. The van der Waals surface area contributed by atoms with Crippen LogP contribution in [0.4, 0.5) is 0 Å². The fourth-order valence-corrected chi connectivity index (χ4v) is 3.36. The number of benzene rings is 1. The van der Waals surface area contributed by atoms with Crippen molar-refractivity contribution in [3.63, 3.8) is 0 Å². The summed E-state index contributed by atoms with van der Waals surface area (Å²) >= 11 is 0. The van der Waals surface area contributed by atoms with E-state index in [0.29, 0.717) is 32.5 Å². The molecule has 0 spiro atoms. The van der Waals surface area contributed by atoms with Gasteiger partial charge < -0.3 is 15.2 Å². The highest BCUT2D eigenvalue weighted by Crippen LogP contribution is 2.33. The Morgan fingerprint density at radius 1 is 1.29 bits per heavy atom. The van der Waals surface area contributed by atoms with E-state index in [2.05, 4.69) is 5.32 Å². The zero-order chi connectivity index (χ0) is 17.4. The highest BCUT2D eigenvalue weighted by Gasteiger charge is 2.41. The molecular formula is C19H27NO4. The van der Waals surface area contributed by atoms with E-state index < -0.39 is 17.4 Å². The van der Waals surface area contributed by atoms with E-state index in [1.807, 2.05) is 37.3 Å². The highest BCUT2D eigenvalue weighted by atomic mass is 16.5. The van der Waals surface area contributed by atoms with Gasteiger partial charge in [-0.1, -0.05) is 43.2 Å². The zero-order valence-corrected chi connectivity index (χ0v) is 14.3. The van der Waals surface area contributed by atoms with Crippen LogP contribution in [-0.4, -0.2) is 29.1 Å². The molecule has 2 unspecified atom stereocenters. The van der Waals surface area contributed by atoms with Crippen molar-refractivity contribution in [2.75, 3.05) is 6.61 Å². The molecule has 0 radical (unpaired) electrons. The van der Waals surface area contributed by atoms with Crippen LogP contribution in [0, 0.1) is 5.92 Å². The summed E-state index contributed by atoms with van der Waals surface area (Å²) in [6, 6.07) is 9.90. The molecule has 1 amide bonds. The van der Waals surface area contributed by atoms with Crippen molar-refractivity contribution < 1.29 is 19.4 Å². The minimum atomic E-state index is -0.816. The summed E-state index contributed by atoms with van der Waals surface area (Å²) in [4.78, 5) is 23.6. The summed E-state index contributed by atoms with van der Waals surface area (Å²) in [6.45, 7) is 2.91. The quantitative estimate of drug-likeness (QED) is 0.717. The summed E-state index contributed by atoms with van der Waals surface area (Å²) in [5.74, 6) is -1.40. The second-order valence-corrected chi connectivity index (χ2v) is 6.74. The number of carbonyl (C=O) groups is 2. The zero-order valence-electron chi connectivity index (χ0n) is 14.3. The molecule has 132 valence electrons. The lowest BCUT2D eigenvalue weighted by Crippen LogP contribution is -2.55. The van der Waals surface area contributed by atoms with E-state index in [-0.39, 0.29) is 5.91 Å². The van der Waals surface area contributed by atoms with Crippen molar-refractivity contribution >= 4 is 11.9 Å². The molecule has 2 N–H and O–H groups in total. The third-order valence-electron chi connectivity index (χ3n) is 4.74. The molecule has 2 rings (SSSR count). The van der Waals surface area contributed by atoms with Crippen LogP contribution in [0.25, 0.3) is 0 Å². The molecule has 0 heterocycles. The van der Waals surface area contributed by atoms with Crippen molar-refractivity contribution in [3.05, 3.63) is 35.9 Å². The summed E-state index contributed by atoms with van der Waals surface area (Å²) in [5.41, 5.74) is 0.479. The molecule has 0 aromatic heterocycles. The molecule has 0 aliphatic heterocycles. The van der Waals surface area contributed by atoms with E-state index in [1.54, 1.807) is 0 Å². The number of hydrogen-bond acceptors (Lipinski definition) is 3. The van der Waals surface area contributed by atoms with Gasteiger partial charge in [0, 0.05) is 13.0 Å². The molecule has 1 fully saturated rings. The van der Waals surface area contributed by atoms with Crippen molar-refractivity contribution in [2.45, 2.75) is 57.6 Å². The largest absolute Gasteiger partial charge is 0.481 e. The average molecular weight is 333 g/mol. The van der Waals surface area contributed by atoms with Gasteiger partial charge in [0.05, 0.1) is 18.1 Å². The summed E-state index contributed by atoms with van der Waals surface area (Å²) in [5, 5.41) is 12.3. The number of carbonyl (C=O) groups excluding carboxylic acids is 1. The molecule has 24 heavy (non-hydrogen) atoms. The molecule has 1 aliphatic carbocycles. The van der Waals surface area contributed by atoms with Crippen molar-refractivity contribution in [1.29, 1.82) is 0 Å². The lowest BCUT2D eigenvalue weighted by molar-refractivity contribution is -0.146. The Balaban J connectivity index is 1.69. The fourth-order valence-electron chi connectivity index (χ4n) is 3.36. The van der Waals surface area contributed by atoms with Crippen LogP contribution in [0.15, 0.2) is 30.3 Å². The van der Waals surface area contributed by atoms with Crippen LogP contribution in [0.2, 0.25) is 0 Å². The van der Waals surface area contributed by atoms with Crippen molar-refractivity contribution in [3.8, 4) is 0 Å². The molecule has 5 heteroatoms. The van der Waals surface area contributed by atoms with Gasteiger partial charge in [0.1, 0.15) is 0 Å². The number of amides is 1. The molecule has 0 bridgehead atoms. The van der Waals surface area contributed by atoms with Gasteiger partial charge in [0.25, 0.3) is 0 Å². The topological polar surface area (TPSA) is 75.6 Å². The standard InChI is InChI=1S/C19H27NO4/c1-19(12-6-5-10-16(19)18(22)23)20-17(21)11-7-13-24-14-15-8-3-2-4-9-15/h2-4,8-9,16H,5-7,10-14H2,1H3,(H,20,21)(H,22,23). The summed E-state index contributed by atoms with van der Waals surface area (Å²) < 4.78 is 5.57. The lowest BCUT2D eigenvalue weighted by Gasteiger charge is -2.39. The molecular weight excluding hydrogens is 306 g/mol. The average Bonchev–Trinajstić information content (AvgIpc) is 2.55. The molecule has 1 saturated carbocycles. The number of carboxylic acid groups (broad SMARTS) is 1. The Kier molecular flexibility index (Phi) is 6.79. The third kappa shape index (κ3) is 5.34. The Bertz CT molecular complexity index is 546. The minimum absolute atomic E-state index is 0.0889. The third-order valence-corrected chi connectivity index (χ3v) is 4.74. The van der Waals surface area contributed by atoms with Crippen LogP contribution in [0.5, 0.6) is 0 Å². The molecule has 1 aromatic carbocycles. The maximum Gasteiger partial charge on any atom is 0.308 e. The van der Waals surface area contributed by atoms with Crippen LogP contribution in [0.3, 0.4) is 0 Å². The fraction of sp³-hybridized carbons (Fsp3) is 0.579. The first-order valence-corrected chi connectivity index (χ1v) is 8.67. The van der Waals surface area contributed by atoms with Gasteiger partial charge in [0.2, 0.25) is 5.91 Å². The maximum absolute atomic E-state index is 12.2. The number of ether oxygens (including phenoxy) is 1. The first kappa shape index (κ1) is 18.5. The molecule has 5 nitrogen and oxygen atoms in total. The van der Waals surface area contributed by atoms with E-state index in [9.17, 15) is 14.7 Å². The van der Waals surface area contributed by atoms with Gasteiger partial charge >= 0.3 is 5.97 Å². The van der Waals surface area contributed by atoms with E-state index in [1.165, 1.54) is 0 Å². The minimum Gasteiger partial charge on any atom is -0.481 e. The highest BCUT2D eigenvalue weighted by molar-refractivity contribution is 5.79. The van der Waals surface area contributed by atoms with Crippen LogP contribution < -0.4 is 5.32 Å². The van der Waals surface area contributed by atoms with Crippen LogP contribution in [-0.2, 0) is 20.9 Å². The monoisotopic (exact) mass is 333 g/mol. The van der Waals surface area contributed by atoms with Gasteiger partial charge in [-0.05, 0) is 31.7 Å². The van der Waals surface area contributed by atoms with Crippen LogP contribution >= 0.6 is 0 Å². The number of rotatable bonds is 8. The van der Waals surface area contributed by atoms with Crippen LogP contribution in [0.1, 0.15) is 51.0 Å². The Hall–Kier alpha value is -1.88. The molecule has 0 saturated heterocycles. The second kappa shape index (κ2) is 8.83. The molecule has 1 aliphatic rings. The van der Waals surface area contributed by atoms with Crippen molar-refractivity contribution in [1.82, 2.24) is 5.32 Å². The summed E-state index contributed by atoms with van der Waals surface area (Å²) in [7, 11) is 0. The lowest BCUT2D eigenvalue weighted by atomic mass is 9.74. The predicted molar refractivity (Wildman–Crippen MR) is 91.5 cm³/mol. The van der Waals surface area contributed by atoms with Gasteiger partial charge in [0.15, 0.2) is 0 Å². The maximum atomic E-state index is 12.2. The predicted octanol–water partition coefficient (Wildman–Crippen LogP) is 3.13. The number of aliphatic carboxylic acids is 1. The Labute approximate surface area is 143 Å². The second-order valence-electron chi connectivity index (χ2n) is 6.74. The van der Waals surface area contributed by atoms with Crippen molar-refractivity contribution in [2.24, 2.45) is 5.92 Å². The Morgan fingerprint density at radius 2 is 2.04 bits per heavy atom. The van der Waals surface area contributed by atoms with E-state index in [0.717, 1.165) is 24.8 Å². The van der Waals surface area contributed by atoms with Gasteiger partial charge in [-0.2, -0.15) is 0 Å². The number of carboxylic acids is 1.